The third-order valence-electron chi connectivity index (χ3n) is 1.61. The van der Waals surface area contributed by atoms with Crippen LogP contribution in [-0.4, -0.2) is 12.1 Å². The third kappa shape index (κ3) is 1.96. The highest BCUT2D eigenvalue weighted by molar-refractivity contribution is 7.14. The Morgan fingerprint density at radius 3 is 3.08 bits per heavy atom. The molecule has 2 aromatic rings. The molecule has 68 valence electrons. The van der Waals surface area contributed by atoms with Crippen LogP contribution in [0.4, 0.5) is 0 Å². The summed E-state index contributed by atoms with van der Waals surface area (Å²) >= 11 is 3.36. The summed E-state index contributed by atoms with van der Waals surface area (Å²) < 4.78 is 5.01. The predicted molar refractivity (Wildman–Crippen MR) is 56.1 cm³/mol. The highest BCUT2D eigenvalue weighted by Gasteiger charge is 2.03. The number of methoxy groups -OCH3 is 1. The fourth-order valence-corrected chi connectivity index (χ4v) is 2.56. The minimum Gasteiger partial charge on any atom is -0.378 e. The highest BCUT2D eigenvalue weighted by Crippen LogP contribution is 2.25. The van der Waals surface area contributed by atoms with Gasteiger partial charge in [-0.15, -0.1) is 11.3 Å². The van der Waals surface area contributed by atoms with Gasteiger partial charge in [0.15, 0.2) is 0 Å². The number of hydrogen-bond donors (Lipinski definition) is 0. The van der Waals surface area contributed by atoms with E-state index in [9.17, 15) is 0 Å². The van der Waals surface area contributed by atoms with E-state index in [1.807, 2.05) is 5.38 Å². The highest BCUT2D eigenvalue weighted by atomic mass is 32.1. The standard InChI is InChI=1S/C9H9NOS2/c1-11-4-8-6-13-9(10-8)7-2-3-12-5-7/h2-3,5-6H,4H2,1H3. The molecule has 0 aliphatic heterocycles. The van der Waals surface area contributed by atoms with E-state index in [0.717, 1.165) is 10.7 Å². The van der Waals surface area contributed by atoms with Gasteiger partial charge in [-0.2, -0.15) is 11.3 Å². The topological polar surface area (TPSA) is 22.1 Å². The number of nitrogens with zero attached hydrogens (tertiary/aromatic N) is 1. The molecule has 0 aliphatic carbocycles. The van der Waals surface area contributed by atoms with Crippen LogP contribution in [-0.2, 0) is 11.3 Å². The van der Waals surface area contributed by atoms with Crippen molar-refractivity contribution in [3.8, 4) is 10.6 Å². The van der Waals surface area contributed by atoms with Crippen molar-refractivity contribution in [3.05, 3.63) is 27.9 Å². The Bertz CT molecular complexity index is 367. The molecule has 2 rings (SSSR count). The molecule has 2 aromatic heterocycles. The Labute approximate surface area is 84.8 Å². The van der Waals surface area contributed by atoms with Crippen molar-refractivity contribution in [1.29, 1.82) is 0 Å². The van der Waals surface area contributed by atoms with Crippen molar-refractivity contribution in [2.24, 2.45) is 0 Å². The second-order valence-corrected chi connectivity index (χ2v) is 4.23. The molecule has 0 saturated carbocycles. The average molecular weight is 211 g/mol. The summed E-state index contributed by atoms with van der Waals surface area (Å²) in [6.45, 7) is 0.598. The Kier molecular flexibility index (Phi) is 2.73. The average Bonchev–Trinajstić information content (AvgIpc) is 2.70. The first-order valence-electron chi connectivity index (χ1n) is 3.86. The Morgan fingerprint density at radius 1 is 1.46 bits per heavy atom. The van der Waals surface area contributed by atoms with E-state index in [2.05, 4.69) is 21.8 Å². The normalized spacial score (nSPS) is 10.5. The molecule has 2 nitrogen and oxygen atoms in total. The van der Waals surface area contributed by atoms with Gasteiger partial charge >= 0.3 is 0 Å². The zero-order chi connectivity index (χ0) is 9.10. The van der Waals surface area contributed by atoms with Gasteiger partial charge in [-0.3, -0.25) is 0 Å². The van der Waals surface area contributed by atoms with Crippen LogP contribution in [0.5, 0.6) is 0 Å². The van der Waals surface area contributed by atoms with Crippen LogP contribution in [0.15, 0.2) is 22.2 Å². The molecule has 0 amide bonds. The summed E-state index contributed by atoms with van der Waals surface area (Å²) in [5.41, 5.74) is 2.21. The molecule has 0 radical (unpaired) electrons. The molecule has 0 aliphatic rings. The molecule has 0 spiro atoms. The molecule has 0 N–H and O–H groups in total. The van der Waals surface area contributed by atoms with Gasteiger partial charge in [0.05, 0.1) is 12.3 Å². The summed E-state index contributed by atoms with van der Waals surface area (Å²) in [5, 5.41) is 7.28. The number of ether oxygens (including phenoxy) is 1. The fraction of sp³-hybridized carbons (Fsp3) is 0.222. The Hall–Kier alpha value is -0.710. The summed E-state index contributed by atoms with van der Waals surface area (Å²) in [7, 11) is 1.68. The lowest BCUT2D eigenvalue weighted by atomic mass is 10.4. The molecular formula is C9H9NOS2. The number of thiazole rings is 1. The first-order chi connectivity index (χ1) is 6.40. The van der Waals surface area contributed by atoms with E-state index in [0.29, 0.717) is 6.61 Å². The maximum absolute atomic E-state index is 5.01. The minimum absolute atomic E-state index is 0.598. The van der Waals surface area contributed by atoms with Crippen molar-refractivity contribution in [3.63, 3.8) is 0 Å². The number of aromatic nitrogens is 1. The van der Waals surface area contributed by atoms with Crippen LogP contribution >= 0.6 is 22.7 Å². The molecular weight excluding hydrogens is 202 g/mol. The van der Waals surface area contributed by atoms with E-state index < -0.39 is 0 Å². The summed E-state index contributed by atoms with van der Waals surface area (Å²) in [4.78, 5) is 4.44. The largest absolute Gasteiger partial charge is 0.378 e. The zero-order valence-corrected chi connectivity index (χ0v) is 8.82. The van der Waals surface area contributed by atoms with Gasteiger partial charge in [0.2, 0.25) is 0 Å². The first kappa shape index (κ1) is 8.87. The number of thiophene rings is 1. The molecule has 0 saturated heterocycles. The van der Waals surface area contributed by atoms with Crippen molar-refractivity contribution in [2.45, 2.75) is 6.61 Å². The van der Waals surface area contributed by atoms with Gasteiger partial charge < -0.3 is 4.74 Å². The van der Waals surface area contributed by atoms with Crippen LogP contribution in [0.2, 0.25) is 0 Å². The van der Waals surface area contributed by atoms with Crippen molar-refractivity contribution in [2.75, 3.05) is 7.11 Å². The summed E-state index contributed by atoms with van der Waals surface area (Å²) in [6.07, 6.45) is 0. The second-order valence-electron chi connectivity index (χ2n) is 2.59. The monoisotopic (exact) mass is 211 g/mol. The molecule has 0 bridgehead atoms. The molecule has 0 unspecified atom stereocenters. The molecule has 2 heterocycles. The minimum atomic E-state index is 0.598. The number of hydrogen-bond acceptors (Lipinski definition) is 4. The lowest BCUT2D eigenvalue weighted by Gasteiger charge is -1.90. The lowest BCUT2D eigenvalue weighted by molar-refractivity contribution is 0.182. The third-order valence-corrected chi connectivity index (χ3v) is 3.24. The smallest absolute Gasteiger partial charge is 0.124 e. The second kappa shape index (κ2) is 4.00. The van der Waals surface area contributed by atoms with Crippen LogP contribution in [0.3, 0.4) is 0 Å². The van der Waals surface area contributed by atoms with Crippen molar-refractivity contribution in [1.82, 2.24) is 4.98 Å². The maximum Gasteiger partial charge on any atom is 0.124 e. The molecule has 4 heteroatoms. The van der Waals surface area contributed by atoms with E-state index in [1.165, 1.54) is 5.56 Å². The van der Waals surface area contributed by atoms with Crippen LogP contribution in [0, 0.1) is 0 Å². The van der Waals surface area contributed by atoms with Crippen LogP contribution < -0.4 is 0 Å². The van der Waals surface area contributed by atoms with Crippen molar-refractivity contribution < 1.29 is 4.74 Å². The Balaban J connectivity index is 2.23. The van der Waals surface area contributed by atoms with Gasteiger partial charge in [0.25, 0.3) is 0 Å². The maximum atomic E-state index is 5.01. The van der Waals surface area contributed by atoms with Gasteiger partial charge in [-0.25, -0.2) is 4.98 Å². The van der Waals surface area contributed by atoms with E-state index >= 15 is 0 Å². The lowest BCUT2D eigenvalue weighted by Crippen LogP contribution is -1.86. The van der Waals surface area contributed by atoms with Crippen LogP contribution in [0.25, 0.3) is 10.6 Å². The first-order valence-corrected chi connectivity index (χ1v) is 5.68. The quantitative estimate of drug-likeness (QED) is 0.778. The molecule has 0 atom stereocenters. The van der Waals surface area contributed by atoms with E-state index in [4.69, 9.17) is 4.74 Å². The summed E-state index contributed by atoms with van der Waals surface area (Å²) in [6, 6.07) is 2.08. The van der Waals surface area contributed by atoms with E-state index in [1.54, 1.807) is 29.8 Å². The molecule has 13 heavy (non-hydrogen) atoms. The SMILES string of the molecule is COCc1csc(-c2ccsc2)n1. The number of rotatable bonds is 3. The van der Waals surface area contributed by atoms with E-state index in [-0.39, 0.29) is 0 Å². The van der Waals surface area contributed by atoms with Gasteiger partial charge in [0, 0.05) is 23.4 Å². The van der Waals surface area contributed by atoms with Crippen LogP contribution in [0.1, 0.15) is 5.69 Å². The fourth-order valence-electron chi connectivity index (χ4n) is 1.04. The Morgan fingerprint density at radius 2 is 2.38 bits per heavy atom. The van der Waals surface area contributed by atoms with Gasteiger partial charge in [-0.1, -0.05) is 0 Å². The van der Waals surface area contributed by atoms with Gasteiger partial charge in [-0.05, 0) is 11.4 Å². The van der Waals surface area contributed by atoms with Gasteiger partial charge in [0.1, 0.15) is 5.01 Å². The summed E-state index contributed by atoms with van der Waals surface area (Å²) in [5.74, 6) is 0. The molecule has 0 fully saturated rings. The predicted octanol–water partition coefficient (Wildman–Crippen LogP) is 3.02. The van der Waals surface area contributed by atoms with Crippen molar-refractivity contribution >= 4 is 22.7 Å². The molecule has 0 aromatic carbocycles. The zero-order valence-electron chi connectivity index (χ0n) is 7.19.